The van der Waals surface area contributed by atoms with Gasteiger partial charge in [0.1, 0.15) is 0 Å². The number of carbonyl (C=O) groups excluding carboxylic acids is 1. The van der Waals surface area contributed by atoms with Gasteiger partial charge in [0.2, 0.25) is 5.91 Å². The highest BCUT2D eigenvalue weighted by Crippen LogP contribution is 2.29. The van der Waals surface area contributed by atoms with Gasteiger partial charge in [-0.2, -0.15) is 0 Å². The van der Waals surface area contributed by atoms with Gasteiger partial charge in [0.05, 0.1) is 17.9 Å². The molecule has 0 saturated heterocycles. The Morgan fingerprint density at radius 2 is 2.10 bits per heavy atom. The van der Waals surface area contributed by atoms with Crippen molar-refractivity contribution in [2.24, 2.45) is 0 Å². The SMILES string of the molecule is CC(=O)N1Cc2cc(F)c(Cl)nc2/C=C\c2ccccc21. The van der Waals surface area contributed by atoms with Crippen LogP contribution in [-0.2, 0) is 11.3 Å². The lowest BCUT2D eigenvalue weighted by Gasteiger charge is -2.25. The number of para-hydroxylation sites is 1. The molecule has 1 aromatic carbocycles. The summed E-state index contributed by atoms with van der Waals surface area (Å²) in [5.41, 5.74) is 2.89. The first-order chi connectivity index (χ1) is 10.1. The van der Waals surface area contributed by atoms with Crippen LogP contribution in [0.5, 0.6) is 0 Å². The van der Waals surface area contributed by atoms with E-state index in [9.17, 15) is 9.18 Å². The zero-order chi connectivity index (χ0) is 15.0. The number of hydrogen-bond acceptors (Lipinski definition) is 2. The molecule has 0 fully saturated rings. The van der Waals surface area contributed by atoms with E-state index < -0.39 is 5.82 Å². The third-order valence-electron chi connectivity index (χ3n) is 3.40. The fourth-order valence-corrected chi connectivity index (χ4v) is 2.51. The average Bonchev–Trinajstić information content (AvgIpc) is 2.44. The molecule has 1 amide bonds. The van der Waals surface area contributed by atoms with Crippen molar-refractivity contribution in [1.29, 1.82) is 0 Å². The zero-order valence-corrected chi connectivity index (χ0v) is 12.1. The van der Waals surface area contributed by atoms with E-state index in [0.29, 0.717) is 11.3 Å². The van der Waals surface area contributed by atoms with E-state index in [4.69, 9.17) is 11.6 Å². The van der Waals surface area contributed by atoms with E-state index in [1.54, 1.807) is 11.0 Å². The van der Waals surface area contributed by atoms with Crippen molar-refractivity contribution >= 4 is 35.3 Å². The van der Waals surface area contributed by atoms with Crippen LogP contribution in [0.1, 0.15) is 23.7 Å². The van der Waals surface area contributed by atoms with Crippen molar-refractivity contribution < 1.29 is 9.18 Å². The molecule has 2 heterocycles. The van der Waals surface area contributed by atoms with Crippen molar-refractivity contribution in [2.45, 2.75) is 13.5 Å². The summed E-state index contributed by atoms with van der Waals surface area (Å²) in [6.45, 7) is 1.74. The standard InChI is InChI=1S/C16H12ClFN2O/c1-10(21)20-9-12-8-13(18)16(17)19-14(12)7-6-11-4-2-3-5-15(11)20/h2-8H,9H2,1H3/b7-6-. The number of fused-ring (bicyclic) bond motifs is 2. The Bertz CT molecular complexity index is 758. The van der Waals surface area contributed by atoms with Crippen LogP contribution in [0.4, 0.5) is 10.1 Å². The highest BCUT2D eigenvalue weighted by molar-refractivity contribution is 6.29. The fraction of sp³-hybridized carbons (Fsp3) is 0.125. The van der Waals surface area contributed by atoms with Gasteiger partial charge >= 0.3 is 0 Å². The van der Waals surface area contributed by atoms with Crippen molar-refractivity contribution in [3.05, 3.63) is 58.1 Å². The fourth-order valence-electron chi connectivity index (χ4n) is 2.37. The quantitative estimate of drug-likeness (QED) is 0.691. The molecular weight excluding hydrogens is 291 g/mol. The van der Waals surface area contributed by atoms with Gasteiger partial charge in [0.25, 0.3) is 0 Å². The summed E-state index contributed by atoms with van der Waals surface area (Å²) in [6.07, 6.45) is 3.64. The van der Waals surface area contributed by atoms with Crippen LogP contribution in [-0.4, -0.2) is 10.9 Å². The molecule has 0 spiro atoms. The number of aromatic nitrogens is 1. The molecule has 0 saturated carbocycles. The number of pyridine rings is 1. The molecule has 106 valence electrons. The van der Waals surface area contributed by atoms with Crippen LogP contribution < -0.4 is 4.90 Å². The van der Waals surface area contributed by atoms with Crippen molar-refractivity contribution in [1.82, 2.24) is 4.98 Å². The Balaban J connectivity index is 2.21. The molecule has 5 heteroatoms. The average molecular weight is 303 g/mol. The second-order valence-corrected chi connectivity index (χ2v) is 5.16. The Morgan fingerprint density at radius 3 is 2.86 bits per heavy atom. The molecular formula is C16H12ClFN2O. The number of anilines is 1. The largest absolute Gasteiger partial charge is 0.308 e. The third kappa shape index (κ3) is 2.54. The van der Waals surface area contributed by atoms with Gasteiger partial charge in [-0.05, 0) is 23.8 Å². The first-order valence-electron chi connectivity index (χ1n) is 6.46. The van der Waals surface area contributed by atoms with Gasteiger partial charge in [-0.3, -0.25) is 4.79 Å². The second-order valence-electron chi connectivity index (χ2n) is 4.80. The number of amides is 1. The lowest BCUT2D eigenvalue weighted by molar-refractivity contribution is -0.116. The molecule has 0 N–H and O–H groups in total. The first kappa shape index (κ1) is 13.8. The topological polar surface area (TPSA) is 33.2 Å². The third-order valence-corrected chi connectivity index (χ3v) is 3.67. The lowest BCUT2D eigenvalue weighted by Crippen LogP contribution is -2.29. The van der Waals surface area contributed by atoms with E-state index in [-0.39, 0.29) is 17.6 Å². The number of halogens is 2. The number of nitrogens with zero attached hydrogens (tertiary/aromatic N) is 2. The molecule has 0 aliphatic carbocycles. The molecule has 1 aliphatic heterocycles. The van der Waals surface area contributed by atoms with Gasteiger partial charge in [-0.15, -0.1) is 0 Å². The minimum absolute atomic E-state index is 0.112. The summed E-state index contributed by atoms with van der Waals surface area (Å²) in [7, 11) is 0. The molecule has 0 radical (unpaired) electrons. The highest BCUT2D eigenvalue weighted by Gasteiger charge is 2.19. The summed E-state index contributed by atoms with van der Waals surface area (Å²) in [5, 5.41) is -0.165. The molecule has 3 nitrogen and oxygen atoms in total. The van der Waals surface area contributed by atoms with E-state index in [1.165, 1.54) is 13.0 Å². The monoisotopic (exact) mass is 302 g/mol. The van der Waals surface area contributed by atoms with Crippen molar-refractivity contribution in [2.75, 3.05) is 4.90 Å². The highest BCUT2D eigenvalue weighted by atomic mass is 35.5. The van der Waals surface area contributed by atoms with Gasteiger partial charge < -0.3 is 4.90 Å². The Labute approximate surface area is 126 Å². The summed E-state index contributed by atoms with van der Waals surface area (Å²) in [6, 6.07) is 8.88. The Morgan fingerprint density at radius 1 is 1.33 bits per heavy atom. The molecule has 1 aromatic heterocycles. The normalized spacial score (nSPS) is 14.7. The molecule has 21 heavy (non-hydrogen) atoms. The minimum Gasteiger partial charge on any atom is -0.308 e. The summed E-state index contributed by atoms with van der Waals surface area (Å²) < 4.78 is 13.6. The van der Waals surface area contributed by atoms with Crippen LogP contribution >= 0.6 is 11.6 Å². The van der Waals surface area contributed by atoms with Crippen LogP contribution in [0.25, 0.3) is 12.2 Å². The molecule has 1 aliphatic rings. The van der Waals surface area contributed by atoms with Crippen LogP contribution in [0.3, 0.4) is 0 Å². The Hall–Kier alpha value is -2.20. The van der Waals surface area contributed by atoms with E-state index in [1.807, 2.05) is 30.3 Å². The predicted octanol–water partition coefficient (Wildman–Crippen LogP) is 3.91. The molecule has 0 atom stereocenters. The number of hydrogen-bond donors (Lipinski definition) is 0. The van der Waals surface area contributed by atoms with Gasteiger partial charge in [0, 0.05) is 12.5 Å². The van der Waals surface area contributed by atoms with Crippen molar-refractivity contribution in [3.63, 3.8) is 0 Å². The summed E-state index contributed by atoms with van der Waals surface area (Å²) in [5.74, 6) is -0.694. The molecule has 2 aromatic rings. The minimum atomic E-state index is -0.582. The van der Waals surface area contributed by atoms with E-state index in [2.05, 4.69) is 4.98 Å². The molecule has 3 rings (SSSR count). The van der Waals surface area contributed by atoms with Gasteiger partial charge in [0.15, 0.2) is 11.0 Å². The van der Waals surface area contributed by atoms with Gasteiger partial charge in [-0.25, -0.2) is 9.37 Å². The van der Waals surface area contributed by atoms with Crippen molar-refractivity contribution in [3.8, 4) is 0 Å². The Kier molecular flexibility index (Phi) is 3.47. The van der Waals surface area contributed by atoms with Crippen LogP contribution in [0, 0.1) is 5.82 Å². The predicted molar refractivity (Wildman–Crippen MR) is 81.4 cm³/mol. The van der Waals surface area contributed by atoms with Crippen LogP contribution in [0.15, 0.2) is 30.3 Å². The molecule has 0 unspecified atom stereocenters. The lowest BCUT2D eigenvalue weighted by atomic mass is 10.0. The number of carbonyl (C=O) groups is 1. The summed E-state index contributed by atoms with van der Waals surface area (Å²) >= 11 is 5.74. The first-order valence-corrected chi connectivity index (χ1v) is 6.84. The molecule has 0 bridgehead atoms. The second kappa shape index (κ2) is 5.30. The van der Waals surface area contributed by atoms with E-state index in [0.717, 1.165) is 11.3 Å². The number of benzene rings is 1. The van der Waals surface area contributed by atoms with E-state index >= 15 is 0 Å². The maximum Gasteiger partial charge on any atom is 0.224 e. The summed E-state index contributed by atoms with van der Waals surface area (Å²) in [4.78, 5) is 17.6. The van der Waals surface area contributed by atoms with Gasteiger partial charge in [-0.1, -0.05) is 35.9 Å². The maximum absolute atomic E-state index is 13.6. The van der Waals surface area contributed by atoms with Crippen LogP contribution in [0.2, 0.25) is 5.15 Å². The number of rotatable bonds is 0. The smallest absolute Gasteiger partial charge is 0.224 e. The maximum atomic E-state index is 13.6. The zero-order valence-electron chi connectivity index (χ0n) is 11.3.